The van der Waals surface area contributed by atoms with E-state index >= 15 is 0 Å². The van der Waals surface area contributed by atoms with E-state index in [1.165, 1.54) is 12.1 Å². The van der Waals surface area contributed by atoms with Gasteiger partial charge in [0.1, 0.15) is 34.4 Å². The maximum Gasteiger partial charge on any atom is 0.255 e. The molecule has 6 nitrogen and oxygen atoms in total. The third-order valence-corrected chi connectivity index (χ3v) is 4.62. The lowest BCUT2D eigenvalue weighted by molar-refractivity contribution is 0.0964. The fourth-order valence-electron chi connectivity index (χ4n) is 3.32. The van der Waals surface area contributed by atoms with E-state index in [0.29, 0.717) is 50.6 Å². The van der Waals surface area contributed by atoms with Crippen LogP contribution >= 0.6 is 0 Å². The lowest BCUT2D eigenvalue weighted by atomic mass is 10.0. The minimum Gasteiger partial charge on any atom is -0.490 e. The maximum atomic E-state index is 13.4. The molecule has 1 amide bonds. The van der Waals surface area contributed by atoms with Crippen LogP contribution < -0.4 is 10.1 Å². The summed E-state index contributed by atoms with van der Waals surface area (Å²) >= 11 is 0. The minimum atomic E-state index is -0.368. The van der Waals surface area contributed by atoms with Gasteiger partial charge in [0.05, 0.1) is 11.7 Å². The Kier molecular flexibility index (Phi) is 5.03. The summed E-state index contributed by atoms with van der Waals surface area (Å²) in [5.41, 5.74) is 2.73. The van der Waals surface area contributed by atoms with Gasteiger partial charge >= 0.3 is 0 Å². The van der Waals surface area contributed by atoms with E-state index in [1.807, 2.05) is 13.8 Å². The van der Waals surface area contributed by atoms with Crippen LogP contribution in [0.5, 0.6) is 5.75 Å². The van der Waals surface area contributed by atoms with Crippen molar-refractivity contribution in [2.45, 2.75) is 26.9 Å². The average Bonchev–Trinajstić information content (AvgIpc) is 3.30. The minimum absolute atomic E-state index is 0.0962. The zero-order valence-electron chi connectivity index (χ0n) is 17.1. The van der Waals surface area contributed by atoms with Crippen LogP contribution in [0.1, 0.15) is 30.0 Å². The predicted molar refractivity (Wildman–Crippen MR) is 111 cm³/mol. The third kappa shape index (κ3) is 3.54. The number of nitrogens with zero attached hydrogens (tertiary/aromatic N) is 1. The Balaban J connectivity index is 2.00. The topological polar surface area (TPSA) is 77.5 Å². The van der Waals surface area contributed by atoms with E-state index in [1.54, 1.807) is 44.3 Å². The molecule has 0 fully saturated rings. The first-order valence-electron chi connectivity index (χ1n) is 9.56. The summed E-state index contributed by atoms with van der Waals surface area (Å²) in [6.07, 6.45) is -0.0962. The van der Waals surface area contributed by atoms with Crippen molar-refractivity contribution >= 4 is 16.9 Å². The summed E-state index contributed by atoms with van der Waals surface area (Å²) in [6.45, 7) is 5.64. The number of rotatable bonds is 5. The van der Waals surface area contributed by atoms with Crippen molar-refractivity contribution in [2.75, 3.05) is 7.05 Å². The van der Waals surface area contributed by atoms with Gasteiger partial charge in [-0.3, -0.25) is 4.79 Å². The van der Waals surface area contributed by atoms with E-state index in [2.05, 4.69) is 10.5 Å². The molecule has 0 saturated heterocycles. The smallest absolute Gasteiger partial charge is 0.255 e. The van der Waals surface area contributed by atoms with Gasteiger partial charge in [0.2, 0.25) is 0 Å². The Morgan fingerprint density at radius 1 is 1.17 bits per heavy atom. The summed E-state index contributed by atoms with van der Waals surface area (Å²) < 4.78 is 30.7. The highest BCUT2D eigenvalue weighted by Gasteiger charge is 2.24. The van der Waals surface area contributed by atoms with Crippen molar-refractivity contribution in [1.29, 1.82) is 0 Å². The molecule has 0 radical (unpaired) electrons. The van der Waals surface area contributed by atoms with Gasteiger partial charge in [0.25, 0.3) is 5.91 Å². The monoisotopic (exact) mass is 408 g/mol. The number of fused-ring (bicyclic) bond motifs is 1. The molecule has 7 heteroatoms. The number of nitrogens with one attached hydrogen (secondary N) is 1. The van der Waals surface area contributed by atoms with E-state index in [9.17, 15) is 9.18 Å². The van der Waals surface area contributed by atoms with Crippen molar-refractivity contribution in [3.8, 4) is 28.3 Å². The Morgan fingerprint density at radius 3 is 2.50 bits per heavy atom. The lowest BCUT2D eigenvalue weighted by Gasteiger charge is -2.13. The summed E-state index contributed by atoms with van der Waals surface area (Å²) in [6, 6.07) is 11.2. The van der Waals surface area contributed by atoms with Crippen LogP contribution in [0.15, 0.2) is 51.4 Å². The molecule has 0 saturated carbocycles. The highest BCUT2D eigenvalue weighted by Crippen LogP contribution is 2.40. The average molecular weight is 408 g/mol. The van der Waals surface area contributed by atoms with E-state index in [-0.39, 0.29) is 17.8 Å². The summed E-state index contributed by atoms with van der Waals surface area (Å²) in [7, 11) is 1.55. The predicted octanol–water partition coefficient (Wildman–Crippen LogP) is 5.35. The van der Waals surface area contributed by atoms with Gasteiger partial charge in [-0.25, -0.2) is 4.39 Å². The van der Waals surface area contributed by atoms with Gasteiger partial charge in [-0.1, -0.05) is 5.16 Å². The highest BCUT2D eigenvalue weighted by molar-refractivity contribution is 6.12. The molecule has 30 heavy (non-hydrogen) atoms. The zero-order chi connectivity index (χ0) is 21.4. The van der Waals surface area contributed by atoms with E-state index in [4.69, 9.17) is 13.7 Å². The number of aromatic nitrogens is 1. The van der Waals surface area contributed by atoms with Crippen LogP contribution in [-0.4, -0.2) is 24.2 Å². The molecule has 2 heterocycles. The first kappa shape index (κ1) is 19.7. The van der Waals surface area contributed by atoms with Gasteiger partial charge in [-0.2, -0.15) is 0 Å². The number of ether oxygens (including phenoxy) is 1. The first-order chi connectivity index (χ1) is 14.4. The van der Waals surface area contributed by atoms with Gasteiger partial charge < -0.3 is 19.0 Å². The normalized spacial score (nSPS) is 11.3. The Labute approximate surface area is 172 Å². The number of halogens is 1. The highest BCUT2D eigenvalue weighted by atomic mass is 19.1. The zero-order valence-corrected chi connectivity index (χ0v) is 17.1. The number of hydrogen-bond donors (Lipinski definition) is 1. The Hall–Kier alpha value is -3.61. The fraction of sp³-hybridized carbons (Fsp3) is 0.217. The molecule has 1 N–H and O–H groups in total. The molecule has 0 aliphatic carbocycles. The van der Waals surface area contributed by atoms with E-state index < -0.39 is 0 Å². The largest absolute Gasteiger partial charge is 0.490 e. The number of benzene rings is 2. The second-order valence-corrected chi connectivity index (χ2v) is 7.23. The van der Waals surface area contributed by atoms with Crippen molar-refractivity contribution in [2.24, 2.45) is 0 Å². The van der Waals surface area contributed by atoms with Gasteiger partial charge in [-0.15, -0.1) is 0 Å². The Morgan fingerprint density at radius 2 is 1.90 bits per heavy atom. The lowest BCUT2D eigenvalue weighted by Crippen LogP contribution is -2.18. The number of amides is 1. The molecule has 4 aromatic rings. The molecule has 4 rings (SSSR count). The van der Waals surface area contributed by atoms with Crippen LogP contribution in [-0.2, 0) is 0 Å². The molecule has 0 aliphatic rings. The summed E-state index contributed by atoms with van der Waals surface area (Å²) in [4.78, 5) is 12.7. The van der Waals surface area contributed by atoms with Crippen LogP contribution in [0.2, 0.25) is 0 Å². The number of carbonyl (C=O) groups is 1. The van der Waals surface area contributed by atoms with E-state index in [0.717, 1.165) is 0 Å². The second kappa shape index (κ2) is 7.67. The summed E-state index contributed by atoms with van der Waals surface area (Å²) in [5.74, 6) is 0.898. The molecule has 2 aromatic heterocycles. The first-order valence-corrected chi connectivity index (χ1v) is 9.56. The second-order valence-electron chi connectivity index (χ2n) is 7.23. The number of hydrogen-bond acceptors (Lipinski definition) is 5. The molecular weight excluding hydrogens is 387 g/mol. The van der Waals surface area contributed by atoms with Crippen LogP contribution in [0.3, 0.4) is 0 Å². The number of aryl methyl sites for hydroxylation is 1. The van der Waals surface area contributed by atoms with Crippen molar-refractivity contribution in [3.05, 3.63) is 59.6 Å². The van der Waals surface area contributed by atoms with Crippen LogP contribution in [0, 0.1) is 12.7 Å². The summed E-state index contributed by atoms with van der Waals surface area (Å²) in [5, 5.41) is 7.33. The Bertz CT molecular complexity index is 1220. The van der Waals surface area contributed by atoms with Gasteiger partial charge in [0.15, 0.2) is 0 Å². The molecule has 0 bridgehead atoms. The molecule has 154 valence electrons. The quantitative estimate of drug-likeness (QED) is 0.482. The van der Waals surface area contributed by atoms with Crippen molar-refractivity contribution < 1.29 is 22.9 Å². The molecule has 0 unspecified atom stereocenters. The van der Waals surface area contributed by atoms with Gasteiger partial charge in [-0.05, 0) is 57.2 Å². The third-order valence-electron chi connectivity index (χ3n) is 4.62. The molecule has 0 atom stereocenters. The molecule has 0 aliphatic heterocycles. The number of furan rings is 1. The van der Waals surface area contributed by atoms with Crippen molar-refractivity contribution in [3.63, 3.8) is 0 Å². The van der Waals surface area contributed by atoms with Crippen LogP contribution in [0.4, 0.5) is 4.39 Å². The standard InChI is InChI=1S/C23H21FN2O4/c1-12(2)28-19-11-17-20(10-16(19)18-9-13(3)30-26-18)29-22(21(17)23(27)25-4)14-5-7-15(24)8-6-14/h5-12H,1-4H3,(H,25,27). The van der Waals surface area contributed by atoms with Crippen molar-refractivity contribution in [1.82, 2.24) is 10.5 Å². The molecule has 0 spiro atoms. The number of carbonyl (C=O) groups excluding carboxylic acids is 1. The molecular formula is C23H21FN2O4. The van der Waals surface area contributed by atoms with Gasteiger partial charge in [0, 0.05) is 29.6 Å². The fourth-order valence-corrected chi connectivity index (χ4v) is 3.32. The molecule has 2 aromatic carbocycles. The maximum absolute atomic E-state index is 13.4. The van der Waals surface area contributed by atoms with Crippen LogP contribution in [0.25, 0.3) is 33.6 Å². The SMILES string of the molecule is CNC(=O)c1c(-c2ccc(F)cc2)oc2cc(-c3cc(C)on3)c(OC(C)C)cc12.